The first-order chi connectivity index (χ1) is 8.00. The molecule has 88 valence electrons. The fraction of sp³-hybridized carbons (Fsp3) is 0. The molecule has 1 aromatic heterocycles. The van der Waals surface area contributed by atoms with Gasteiger partial charge in [-0.05, 0) is 11.4 Å². The number of carbonyl (C=O) groups is 1. The van der Waals surface area contributed by atoms with E-state index in [0.717, 1.165) is 11.3 Å². The molecule has 1 aromatic carbocycles. The topological polar surface area (TPSA) is 17.1 Å². The van der Waals surface area contributed by atoms with Gasteiger partial charge in [0.15, 0.2) is 0 Å². The molecular formula is C11H4ClF3OS. The van der Waals surface area contributed by atoms with Crippen LogP contribution in [0, 0.1) is 17.5 Å². The van der Waals surface area contributed by atoms with E-state index in [0.29, 0.717) is 12.1 Å². The van der Waals surface area contributed by atoms with Crippen LogP contribution >= 0.6 is 22.9 Å². The lowest BCUT2D eigenvalue weighted by Gasteiger charge is -2.03. The molecule has 17 heavy (non-hydrogen) atoms. The van der Waals surface area contributed by atoms with Gasteiger partial charge in [-0.1, -0.05) is 11.6 Å². The highest BCUT2D eigenvalue weighted by Crippen LogP contribution is 2.27. The van der Waals surface area contributed by atoms with Crippen molar-refractivity contribution < 1.29 is 18.0 Å². The fourth-order valence-electron chi connectivity index (χ4n) is 1.33. The summed E-state index contributed by atoms with van der Waals surface area (Å²) in [4.78, 5) is 11.8. The van der Waals surface area contributed by atoms with Crippen molar-refractivity contribution in [2.24, 2.45) is 0 Å². The molecule has 2 aromatic rings. The third-order valence-corrected chi connectivity index (χ3v) is 3.40. The van der Waals surface area contributed by atoms with E-state index < -0.39 is 28.8 Å². The Balaban J connectivity index is 2.56. The lowest BCUT2D eigenvalue weighted by atomic mass is 10.1. The van der Waals surface area contributed by atoms with Gasteiger partial charge in [0.1, 0.15) is 17.5 Å². The Morgan fingerprint density at radius 1 is 1.18 bits per heavy atom. The van der Waals surface area contributed by atoms with Gasteiger partial charge in [0.25, 0.3) is 0 Å². The lowest BCUT2D eigenvalue weighted by molar-refractivity contribution is 0.103. The standard InChI is InChI=1S/C11H4ClF3OS/c12-6-1-2-17-11(6)10(16)9-7(14)3-5(13)4-8(9)15/h1-4H. The molecule has 0 saturated heterocycles. The number of carbonyl (C=O) groups excluding carboxylic acids is 1. The van der Waals surface area contributed by atoms with E-state index in [9.17, 15) is 18.0 Å². The van der Waals surface area contributed by atoms with Gasteiger partial charge < -0.3 is 0 Å². The molecule has 0 aliphatic heterocycles. The molecule has 0 aliphatic carbocycles. The highest BCUT2D eigenvalue weighted by atomic mass is 35.5. The van der Waals surface area contributed by atoms with E-state index in [4.69, 9.17) is 11.6 Å². The normalized spacial score (nSPS) is 10.6. The van der Waals surface area contributed by atoms with Gasteiger partial charge in [0.2, 0.25) is 5.78 Å². The minimum atomic E-state index is -1.24. The van der Waals surface area contributed by atoms with E-state index >= 15 is 0 Å². The molecule has 1 heterocycles. The molecule has 0 spiro atoms. The van der Waals surface area contributed by atoms with Crippen molar-refractivity contribution in [3.63, 3.8) is 0 Å². The van der Waals surface area contributed by atoms with Gasteiger partial charge in [-0.3, -0.25) is 4.79 Å². The van der Waals surface area contributed by atoms with E-state index in [1.54, 1.807) is 0 Å². The zero-order valence-electron chi connectivity index (χ0n) is 8.14. The molecule has 0 radical (unpaired) electrons. The minimum absolute atomic E-state index is 0.0241. The summed E-state index contributed by atoms with van der Waals surface area (Å²) in [6, 6.07) is 2.36. The molecule has 1 nitrogen and oxygen atoms in total. The maximum absolute atomic E-state index is 13.3. The van der Waals surface area contributed by atoms with Crippen molar-refractivity contribution >= 4 is 28.7 Å². The molecule has 0 N–H and O–H groups in total. The van der Waals surface area contributed by atoms with Gasteiger partial charge in [-0.15, -0.1) is 11.3 Å². The van der Waals surface area contributed by atoms with Crippen molar-refractivity contribution in [2.75, 3.05) is 0 Å². The monoisotopic (exact) mass is 276 g/mol. The highest BCUT2D eigenvalue weighted by Gasteiger charge is 2.23. The second-order valence-electron chi connectivity index (χ2n) is 3.17. The largest absolute Gasteiger partial charge is 0.287 e. The van der Waals surface area contributed by atoms with Gasteiger partial charge in [0.05, 0.1) is 15.5 Å². The minimum Gasteiger partial charge on any atom is -0.287 e. The average molecular weight is 277 g/mol. The first kappa shape index (κ1) is 12.1. The summed E-state index contributed by atoms with van der Waals surface area (Å²) >= 11 is 6.66. The average Bonchev–Trinajstić information content (AvgIpc) is 2.62. The Kier molecular flexibility index (Phi) is 3.22. The molecule has 0 fully saturated rings. The second-order valence-corrected chi connectivity index (χ2v) is 4.49. The van der Waals surface area contributed by atoms with Crippen LogP contribution in [-0.2, 0) is 0 Å². The van der Waals surface area contributed by atoms with Crippen LogP contribution < -0.4 is 0 Å². The van der Waals surface area contributed by atoms with E-state index in [-0.39, 0.29) is 9.90 Å². The highest BCUT2D eigenvalue weighted by molar-refractivity contribution is 7.13. The number of hydrogen-bond donors (Lipinski definition) is 0. The summed E-state index contributed by atoms with van der Waals surface area (Å²) in [6.07, 6.45) is 0. The molecule has 6 heteroatoms. The van der Waals surface area contributed by atoms with E-state index in [1.807, 2.05) is 0 Å². The number of benzene rings is 1. The number of rotatable bonds is 2. The van der Waals surface area contributed by atoms with Crippen LogP contribution in [0.3, 0.4) is 0 Å². The van der Waals surface area contributed by atoms with Crippen molar-refractivity contribution in [1.82, 2.24) is 0 Å². The fourth-order valence-corrected chi connectivity index (χ4v) is 2.42. The van der Waals surface area contributed by atoms with Crippen LogP contribution in [0.4, 0.5) is 13.2 Å². The molecule has 2 rings (SSSR count). The Morgan fingerprint density at radius 2 is 1.76 bits per heavy atom. The van der Waals surface area contributed by atoms with Crippen LogP contribution in [0.25, 0.3) is 0 Å². The molecule has 0 amide bonds. The van der Waals surface area contributed by atoms with Crippen molar-refractivity contribution in [3.8, 4) is 0 Å². The molecule has 0 atom stereocenters. The third-order valence-electron chi connectivity index (χ3n) is 2.06. The Labute approximate surface area is 103 Å². The Bertz CT molecular complexity index is 571. The van der Waals surface area contributed by atoms with E-state index in [1.165, 1.54) is 11.4 Å². The van der Waals surface area contributed by atoms with Gasteiger partial charge in [0, 0.05) is 12.1 Å². The SMILES string of the molecule is O=C(c1sccc1Cl)c1c(F)cc(F)cc1F. The first-order valence-electron chi connectivity index (χ1n) is 4.43. The Morgan fingerprint density at radius 3 is 2.24 bits per heavy atom. The van der Waals surface area contributed by atoms with Crippen LogP contribution in [0.1, 0.15) is 15.2 Å². The molecule has 0 saturated carbocycles. The quantitative estimate of drug-likeness (QED) is 0.756. The van der Waals surface area contributed by atoms with Gasteiger partial charge in [-0.25, -0.2) is 13.2 Å². The second kappa shape index (κ2) is 4.50. The van der Waals surface area contributed by atoms with Crippen molar-refractivity contribution in [3.05, 3.63) is 56.5 Å². The third kappa shape index (κ3) is 2.21. The van der Waals surface area contributed by atoms with Crippen molar-refractivity contribution in [2.45, 2.75) is 0 Å². The maximum Gasteiger partial charge on any atom is 0.210 e. The molecule has 0 unspecified atom stereocenters. The first-order valence-corrected chi connectivity index (χ1v) is 5.68. The van der Waals surface area contributed by atoms with Crippen LogP contribution in [0.15, 0.2) is 23.6 Å². The molecule has 0 bridgehead atoms. The summed E-state index contributed by atoms with van der Waals surface area (Å²) in [5.74, 6) is -4.44. The maximum atomic E-state index is 13.3. The number of thiophene rings is 1. The number of halogens is 4. The summed E-state index contributed by atoms with van der Waals surface area (Å²) in [6.45, 7) is 0. The Hall–Kier alpha value is -1.33. The summed E-state index contributed by atoms with van der Waals surface area (Å²) in [7, 11) is 0. The molecular weight excluding hydrogens is 273 g/mol. The summed E-state index contributed by atoms with van der Waals surface area (Å²) in [5, 5.41) is 1.64. The predicted molar refractivity (Wildman–Crippen MR) is 59.1 cm³/mol. The number of hydrogen-bond acceptors (Lipinski definition) is 2. The van der Waals surface area contributed by atoms with Gasteiger partial charge >= 0.3 is 0 Å². The zero-order valence-corrected chi connectivity index (χ0v) is 9.71. The summed E-state index contributed by atoms with van der Waals surface area (Å²) < 4.78 is 39.4. The van der Waals surface area contributed by atoms with Crippen molar-refractivity contribution in [1.29, 1.82) is 0 Å². The number of ketones is 1. The van der Waals surface area contributed by atoms with Crippen LogP contribution in [0.2, 0.25) is 5.02 Å². The van der Waals surface area contributed by atoms with E-state index in [2.05, 4.69) is 0 Å². The zero-order chi connectivity index (χ0) is 12.6. The van der Waals surface area contributed by atoms with Crippen LogP contribution in [0.5, 0.6) is 0 Å². The van der Waals surface area contributed by atoms with Crippen LogP contribution in [-0.4, -0.2) is 5.78 Å². The lowest BCUT2D eigenvalue weighted by Crippen LogP contribution is -2.07. The smallest absolute Gasteiger partial charge is 0.210 e. The molecule has 0 aliphatic rings. The summed E-state index contributed by atoms with van der Waals surface area (Å²) in [5.41, 5.74) is -0.796. The predicted octanol–water partition coefficient (Wildman–Crippen LogP) is 4.05. The van der Waals surface area contributed by atoms with Gasteiger partial charge in [-0.2, -0.15) is 0 Å².